The summed E-state index contributed by atoms with van der Waals surface area (Å²) in [6.45, 7) is 1.74. The number of pyridine rings is 1. The van der Waals surface area contributed by atoms with Crippen LogP contribution in [0.1, 0.15) is 5.56 Å². The zero-order valence-electron chi connectivity index (χ0n) is 7.16. The Hall–Kier alpha value is -1.77. The number of aromatic amines is 1. The Balaban J connectivity index is 2.89. The van der Waals surface area contributed by atoms with Crippen LogP contribution in [-0.4, -0.2) is 10.1 Å². The molecule has 0 amide bonds. The van der Waals surface area contributed by atoms with Gasteiger partial charge in [-0.05, 0) is 31.2 Å². The Morgan fingerprint density at radius 2 is 2.08 bits per heavy atom. The van der Waals surface area contributed by atoms with Crippen LogP contribution in [0, 0.1) is 6.92 Å². The van der Waals surface area contributed by atoms with Gasteiger partial charge in [-0.3, -0.25) is 4.79 Å². The third-order valence-electron chi connectivity index (χ3n) is 2.01. The molecule has 0 radical (unpaired) electrons. The van der Waals surface area contributed by atoms with Gasteiger partial charge in [-0.25, -0.2) is 0 Å². The van der Waals surface area contributed by atoms with Gasteiger partial charge in [-0.15, -0.1) is 0 Å². The molecular weight excluding hydrogens is 166 g/mol. The molecule has 2 N–H and O–H groups in total. The monoisotopic (exact) mass is 175 g/mol. The van der Waals surface area contributed by atoms with Gasteiger partial charge in [-0.1, -0.05) is 0 Å². The molecule has 1 heterocycles. The largest absolute Gasteiger partial charge is 0.508 e. The first-order chi connectivity index (χ1) is 6.16. The Labute approximate surface area is 74.7 Å². The molecule has 0 aliphatic heterocycles. The number of hydrogen-bond acceptors (Lipinski definition) is 2. The van der Waals surface area contributed by atoms with E-state index in [4.69, 9.17) is 0 Å². The maximum absolute atomic E-state index is 11.2. The molecule has 0 fully saturated rings. The van der Waals surface area contributed by atoms with Crippen molar-refractivity contribution in [3.8, 4) is 5.75 Å². The highest BCUT2D eigenvalue weighted by Crippen LogP contribution is 2.17. The van der Waals surface area contributed by atoms with Gasteiger partial charge < -0.3 is 10.1 Å². The molecule has 13 heavy (non-hydrogen) atoms. The van der Waals surface area contributed by atoms with Gasteiger partial charge in [0.05, 0.1) is 0 Å². The zero-order chi connectivity index (χ0) is 9.42. The van der Waals surface area contributed by atoms with Crippen LogP contribution < -0.4 is 5.56 Å². The molecule has 0 spiro atoms. The maximum Gasteiger partial charge on any atom is 0.251 e. The van der Waals surface area contributed by atoms with Crippen molar-refractivity contribution in [3.63, 3.8) is 0 Å². The summed E-state index contributed by atoms with van der Waals surface area (Å²) in [4.78, 5) is 13.9. The molecule has 0 aliphatic rings. The van der Waals surface area contributed by atoms with E-state index in [0.717, 1.165) is 10.9 Å². The van der Waals surface area contributed by atoms with Crippen molar-refractivity contribution in [2.45, 2.75) is 6.92 Å². The zero-order valence-corrected chi connectivity index (χ0v) is 7.16. The third-order valence-corrected chi connectivity index (χ3v) is 2.01. The number of benzene rings is 1. The van der Waals surface area contributed by atoms with E-state index in [0.29, 0.717) is 5.56 Å². The van der Waals surface area contributed by atoms with Crippen molar-refractivity contribution in [1.82, 2.24) is 4.98 Å². The number of rotatable bonds is 0. The minimum absolute atomic E-state index is 0.0850. The molecule has 0 saturated heterocycles. The molecule has 1 aromatic heterocycles. The second-order valence-corrected chi connectivity index (χ2v) is 3.05. The van der Waals surface area contributed by atoms with E-state index in [2.05, 4.69) is 4.98 Å². The fraction of sp³-hybridized carbons (Fsp3) is 0.100. The smallest absolute Gasteiger partial charge is 0.251 e. The summed E-state index contributed by atoms with van der Waals surface area (Å²) < 4.78 is 0. The van der Waals surface area contributed by atoms with Gasteiger partial charge in [0.1, 0.15) is 5.75 Å². The predicted molar refractivity (Wildman–Crippen MR) is 51.0 cm³/mol. The molecule has 2 aromatic rings. The molecule has 2 rings (SSSR count). The Morgan fingerprint density at radius 1 is 1.31 bits per heavy atom. The first-order valence-electron chi connectivity index (χ1n) is 3.99. The first kappa shape index (κ1) is 7.86. The summed E-state index contributed by atoms with van der Waals surface area (Å²) in [6.07, 6.45) is 0. The van der Waals surface area contributed by atoms with Gasteiger partial charge >= 0.3 is 0 Å². The lowest BCUT2D eigenvalue weighted by Gasteiger charge is -1.99. The topological polar surface area (TPSA) is 53.1 Å². The molecule has 0 unspecified atom stereocenters. The number of aromatic hydroxyl groups is 1. The lowest BCUT2D eigenvalue weighted by Crippen LogP contribution is -2.08. The summed E-state index contributed by atoms with van der Waals surface area (Å²) in [5.41, 5.74) is 1.31. The number of hydrogen-bond donors (Lipinski definition) is 2. The number of phenols is 1. The molecule has 0 aliphatic carbocycles. The van der Waals surface area contributed by atoms with E-state index in [1.54, 1.807) is 31.2 Å². The SMILES string of the molecule is Cc1cc2cc(O)ccc2[nH]c1=O. The van der Waals surface area contributed by atoms with Crippen molar-refractivity contribution in [2.75, 3.05) is 0 Å². The highest BCUT2D eigenvalue weighted by molar-refractivity contribution is 5.80. The van der Waals surface area contributed by atoms with Crippen LogP contribution in [0.2, 0.25) is 0 Å². The number of H-pyrrole nitrogens is 1. The predicted octanol–water partition coefficient (Wildman–Crippen LogP) is 1.54. The molecule has 0 atom stereocenters. The summed E-state index contributed by atoms with van der Waals surface area (Å²) >= 11 is 0. The molecule has 3 heteroatoms. The maximum atomic E-state index is 11.2. The molecule has 0 saturated carbocycles. The van der Waals surface area contributed by atoms with Crippen molar-refractivity contribution in [3.05, 3.63) is 40.2 Å². The Morgan fingerprint density at radius 3 is 2.85 bits per heavy atom. The summed E-state index contributed by atoms with van der Waals surface area (Å²) in [7, 11) is 0. The standard InChI is InChI=1S/C10H9NO2/c1-6-4-7-5-8(12)2-3-9(7)11-10(6)13/h2-5,12H,1H3,(H,11,13). The van der Waals surface area contributed by atoms with E-state index < -0.39 is 0 Å². The van der Waals surface area contributed by atoms with E-state index in [-0.39, 0.29) is 11.3 Å². The summed E-state index contributed by atoms with van der Waals surface area (Å²) in [6, 6.07) is 6.62. The van der Waals surface area contributed by atoms with Crippen molar-refractivity contribution >= 4 is 10.9 Å². The van der Waals surface area contributed by atoms with Crippen LogP contribution >= 0.6 is 0 Å². The summed E-state index contributed by atoms with van der Waals surface area (Å²) in [5, 5.41) is 10.0. The van der Waals surface area contributed by atoms with Gasteiger partial charge in [0.25, 0.3) is 5.56 Å². The van der Waals surface area contributed by atoms with Crippen LogP contribution in [-0.2, 0) is 0 Å². The van der Waals surface area contributed by atoms with Gasteiger partial charge in [0.2, 0.25) is 0 Å². The fourth-order valence-corrected chi connectivity index (χ4v) is 1.30. The first-order valence-corrected chi connectivity index (χ1v) is 3.99. The minimum atomic E-state index is -0.0850. The molecule has 1 aromatic carbocycles. The molecule has 3 nitrogen and oxygen atoms in total. The van der Waals surface area contributed by atoms with Crippen molar-refractivity contribution in [1.29, 1.82) is 0 Å². The number of nitrogens with one attached hydrogen (secondary N) is 1. The second-order valence-electron chi connectivity index (χ2n) is 3.05. The highest BCUT2D eigenvalue weighted by Gasteiger charge is 1.98. The van der Waals surface area contributed by atoms with Crippen LogP contribution in [0.3, 0.4) is 0 Å². The lowest BCUT2D eigenvalue weighted by atomic mass is 10.1. The van der Waals surface area contributed by atoms with Gasteiger partial charge in [0, 0.05) is 16.5 Å². The van der Waals surface area contributed by atoms with E-state index in [1.165, 1.54) is 0 Å². The Bertz CT molecular complexity index is 514. The average molecular weight is 175 g/mol. The van der Waals surface area contributed by atoms with Crippen molar-refractivity contribution < 1.29 is 5.11 Å². The molecule has 66 valence electrons. The van der Waals surface area contributed by atoms with Crippen LogP contribution in [0.25, 0.3) is 10.9 Å². The number of phenolic OH excluding ortho intramolecular Hbond substituents is 1. The van der Waals surface area contributed by atoms with Gasteiger partial charge in [0.15, 0.2) is 0 Å². The molecular formula is C10H9NO2. The van der Waals surface area contributed by atoms with Gasteiger partial charge in [-0.2, -0.15) is 0 Å². The third kappa shape index (κ3) is 1.28. The van der Waals surface area contributed by atoms with E-state index in [9.17, 15) is 9.90 Å². The number of fused-ring (bicyclic) bond motifs is 1. The number of aryl methyl sites for hydroxylation is 1. The van der Waals surface area contributed by atoms with Crippen LogP contribution in [0.4, 0.5) is 0 Å². The van der Waals surface area contributed by atoms with Crippen LogP contribution in [0.5, 0.6) is 5.75 Å². The molecule has 0 bridgehead atoms. The quantitative estimate of drug-likeness (QED) is 0.638. The highest BCUT2D eigenvalue weighted by atomic mass is 16.3. The van der Waals surface area contributed by atoms with E-state index >= 15 is 0 Å². The number of aromatic nitrogens is 1. The van der Waals surface area contributed by atoms with Crippen LogP contribution in [0.15, 0.2) is 29.1 Å². The van der Waals surface area contributed by atoms with E-state index in [1.807, 2.05) is 0 Å². The Kier molecular flexibility index (Phi) is 1.59. The minimum Gasteiger partial charge on any atom is -0.508 e. The average Bonchev–Trinajstić information content (AvgIpc) is 2.08. The fourth-order valence-electron chi connectivity index (χ4n) is 1.30. The second kappa shape index (κ2) is 2.62. The van der Waals surface area contributed by atoms with Crippen molar-refractivity contribution in [2.24, 2.45) is 0 Å². The normalized spacial score (nSPS) is 10.5. The lowest BCUT2D eigenvalue weighted by molar-refractivity contribution is 0.476. The summed E-state index contributed by atoms with van der Waals surface area (Å²) in [5.74, 6) is 0.207.